The van der Waals surface area contributed by atoms with Gasteiger partial charge < -0.3 is 19.7 Å². The fraction of sp³-hybridized carbons (Fsp3) is 0.136. The molecule has 0 saturated carbocycles. The van der Waals surface area contributed by atoms with Crippen LogP contribution < -0.4 is 14.8 Å². The summed E-state index contributed by atoms with van der Waals surface area (Å²) in [5.41, 5.74) is 3.07. The van der Waals surface area contributed by atoms with Gasteiger partial charge in [0.25, 0.3) is 5.91 Å². The number of hydrogen-bond acceptors (Lipinski definition) is 4. The zero-order valence-electron chi connectivity index (χ0n) is 14.9. The lowest BCUT2D eigenvalue weighted by Gasteiger charge is -2.27. The summed E-state index contributed by atoms with van der Waals surface area (Å²) in [7, 11) is 0. The molecule has 0 saturated heterocycles. The van der Waals surface area contributed by atoms with Crippen LogP contribution in [0.1, 0.15) is 27.7 Å². The molecule has 1 N–H and O–H groups in total. The number of hydrogen-bond donors (Lipinski definition) is 1. The van der Waals surface area contributed by atoms with Crippen LogP contribution in [0.3, 0.4) is 0 Å². The first-order chi connectivity index (χ1) is 13.7. The molecule has 1 atom stereocenters. The van der Waals surface area contributed by atoms with Gasteiger partial charge in [0.1, 0.15) is 12.0 Å². The van der Waals surface area contributed by atoms with Gasteiger partial charge in [0.05, 0.1) is 0 Å². The smallest absolute Gasteiger partial charge is 0.256 e. The second-order valence-electron chi connectivity index (χ2n) is 6.77. The van der Waals surface area contributed by atoms with Crippen LogP contribution in [-0.2, 0) is 6.54 Å². The van der Waals surface area contributed by atoms with Gasteiger partial charge >= 0.3 is 0 Å². The molecule has 5 nitrogen and oxygen atoms in total. The third-order valence-electron chi connectivity index (χ3n) is 4.98. The fourth-order valence-corrected chi connectivity index (χ4v) is 3.66. The Morgan fingerprint density at radius 3 is 2.75 bits per heavy atom. The molecule has 2 aliphatic heterocycles. The zero-order chi connectivity index (χ0) is 19.1. The number of nitrogens with zero attached hydrogens (tertiary/aromatic N) is 1. The first-order valence-corrected chi connectivity index (χ1v) is 8.99. The molecule has 0 aliphatic carbocycles. The standard InChI is InChI=1S/C22H17FN2O3/c23-15-4-3-5-16(11-15)24-21-17-6-1-2-7-18(17)22(26)25(21)12-14-8-9-19-20(10-14)28-13-27-19/h1-11,21,24H,12-13H2. The highest BCUT2D eigenvalue weighted by molar-refractivity contribution is 5.99. The minimum absolute atomic E-state index is 0.0674. The van der Waals surface area contributed by atoms with E-state index >= 15 is 0 Å². The number of amides is 1. The van der Waals surface area contributed by atoms with E-state index in [0.29, 0.717) is 29.3 Å². The largest absolute Gasteiger partial charge is 0.454 e. The predicted octanol–water partition coefficient (Wildman–Crippen LogP) is 4.32. The fourth-order valence-electron chi connectivity index (χ4n) is 3.66. The Morgan fingerprint density at radius 1 is 1.00 bits per heavy atom. The van der Waals surface area contributed by atoms with Crippen molar-refractivity contribution < 1.29 is 18.7 Å². The molecular formula is C22H17FN2O3. The van der Waals surface area contributed by atoms with Crippen LogP contribution in [0.15, 0.2) is 66.7 Å². The molecule has 0 aromatic heterocycles. The van der Waals surface area contributed by atoms with E-state index in [0.717, 1.165) is 11.1 Å². The Morgan fingerprint density at radius 2 is 1.86 bits per heavy atom. The summed E-state index contributed by atoms with van der Waals surface area (Å²) in [6.07, 6.45) is -0.393. The molecule has 3 aromatic carbocycles. The van der Waals surface area contributed by atoms with E-state index in [9.17, 15) is 9.18 Å². The van der Waals surface area contributed by atoms with Gasteiger partial charge in [-0.2, -0.15) is 0 Å². The Labute approximate surface area is 161 Å². The van der Waals surface area contributed by atoms with E-state index < -0.39 is 6.17 Å². The lowest BCUT2D eigenvalue weighted by atomic mass is 10.1. The Hall–Kier alpha value is -3.54. The molecule has 0 fully saturated rings. The minimum atomic E-state index is -0.393. The van der Waals surface area contributed by atoms with Gasteiger partial charge in [0.15, 0.2) is 11.5 Å². The van der Waals surface area contributed by atoms with E-state index in [4.69, 9.17) is 9.47 Å². The van der Waals surface area contributed by atoms with Crippen LogP contribution >= 0.6 is 0 Å². The number of halogens is 1. The van der Waals surface area contributed by atoms with Crippen molar-refractivity contribution in [2.75, 3.05) is 12.1 Å². The van der Waals surface area contributed by atoms with Crippen LogP contribution in [-0.4, -0.2) is 17.6 Å². The van der Waals surface area contributed by atoms with Crippen LogP contribution in [0.2, 0.25) is 0 Å². The molecule has 0 radical (unpaired) electrons. The maximum absolute atomic E-state index is 13.6. The predicted molar refractivity (Wildman–Crippen MR) is 102 cm³/mol. The summed E-state index contributed by atoms with van der Waals surface area (Å²) in [6.45, 7) is 0.591. The van der Waals surface area contributed by atoms with Gasteiger partial charge in [-0.05, 0) is 42.0 Å². The van der Waals surface area contributed by atoms with E-state index in [-0.39, 0.29) is 18.5 Å². The summed E-state index contributed by atoms with van der Waals surface area (Å²) < 4.78 is 24.4. The number of carbonyl (C=O) groups excluding carboxylic acids is 1. The van der Waals surface area contributed by atoms with Gasteiger partial charge in [-0.15, -0.1) is 0 Å². The van der Waals surface area contributed by atoms with E-state index in [2.05, 4.69) is 5.32 Å². The normalized spacial score (nSPS) is 17.0. The summed E-state index contributed by atoms with van der Waals surface area (Å²) in [5, 5.41) is 3.30. The van der Waals surface area contributed by atoms with Gasteiger partial charge in [-0.25, -0.2) is 4.39 Å². The molecule has 2 aliphatic rings. The van der Waals surface area contributed by atoms with Gasteiger partial charge in [-0.3, -0.25) is 4.79 Å². The molecule has 0 spiro atoms. The third kappa shape index (κ3) is 2.83. The highest BCUT2D eigenvalue weighted by atomic mass is 19.1. The molecule has 2 heterocycles. The molecule has 28 heavy (non-hydrogen) atoms. The Bertz CT molecular complexity index is 1070. The lowest BCUT2D eigenvalue weighted by Crippen LogP contribution is -2.31. The number of rotatable bonds is 4. The molecule has 1 amide bonds. The van der Waals surface area contributed by atoms with Crippen LogP contribution in [0.25, 0.3) is 0 Å². The van der Waals surface area contributed by atoms with Gasteiger partial charge in [0, 0.05) is 23.4 Å². The van der Waals surface area contributed by atoms with Crippen LogP contribution in [0, 0.1) is 5.82 Å². The number of benzene rings is 3. The van der Waals surface area contributed by atoms with Crippen molar-refractivity contribution in [2.45, 2.75) is 12.7 Å². The molecule has 140 valence electrons. The number of ether oxygens (including phenoxy) is 2. The summed E-state index contributed by atoms with van der Waals surface area (Å²) in [6, 6.07) is 19.4. The molecule has 5 rings (SSSR count). The molecule has 3 aromatic rings. The first kappa shape index (κ1) is 16.6. The highest BCUT2D eigenvalue weighted by Gasteiger charge is 2.36. The second kappa shape index (κ2) is 6.56. The topological polar surface area (TPSA) is 50.8 Å². The maximum Gasteiger partial charge on any atom is 0.256 e. The van der Waals surface area contributed by atoms with Crippen molar-refractivity contribution in [2.24, 2.45) is 0 Å². The van der Waals surface area contributed by atoms with E-state index in [1.807, 2.05) is 42.5 Å². The van der Waals surface area contributed by atoms with Gasteiger partial charge in [0.2, 0.25) is 6.79 Å². The van der Waals surface area contributed by atoms with Crippen molar-refractivity contribution >= 4 is 11.6 Å². The Kier molecular flexibility index (Phi) is 3.90. The maximum atomic E-state index is 13.6. The first-order valence-electron chi connectivity index (χ1n) is 8.99. The molecule has 1 unspecified atom stereocenters. The average Bonchev–Trinajstić information content (AvgIpc) is 3.27. The van der Waals surface area contributed by atoms with Crippen molar-refractivity contribution in [3.8, 4) is 11.5 Å². The quantitative estimate of drug-likeness (QED) is 0.737. The molecule has 0 bridgehead atoms. The molecule has 6 heteroatoms. The van der Waals surface area contributed by atoms with Crippen molar-refractivity contribution in [1.29, 1.82) is 0 Å². The average molecular weight is 376 g/mol. The Balaban J connectivity index is 1.48. The third-order valence-corrected chi connectivity index (χ3v) is 4.98. The highest BCUT2D eigenvalue weighted by Crippen LogP contribution is 2.37. The monoisotopic (exact) mass is 376 g/mol. The van der Waals surface area contributed by atoms with E-state index in [1.54, 1.807) is 17.0 Å². The lowest BCUT2D eigenvalue weighted by molar-refractivity contribution is 0.0728. The second-order valence-corrected chi connectivity index (χ2v) is 6.77. The van der Waals surface area contributed by atoms with Crippen molar-refractivity contribution in [1.82, 2.24) is 4.90 Å². The number of nitrogens with one attached hydrogen (secondary N) is 1. The SMILES string of the molecule is O=C1c2ccccc2C(Nc2cccc(F)c2)N1Cc1ccc2c(c1)OCO2. The van der Waals surface area contributed by atoms with Gasteiger partial charge in [-0.1, -0.05) is 30.3 Å². The number of anilines is 1. The summed E-state index contributed by atoms with van der Waals surface area (Å²) >= 11 is 0. The van der Waals surface area contributed by atoms with Crippen molar-refractivity contribution in [3.63, 3.8) is 0 Å². The van der Waals surface area contributed by atoms with Crippen molar-refractivity contribution in [3.05, 3.63) is 89.2 Å². The number of fused-ring (bicyclic) bond motifs is 2. The zero-order valence-corrected chi connectivity index (χ0v) is 14.9. The van der Waals surface area contributed by atoms with E-state index in [1.165, 1.54) is 12.1 Å². The number of carbonyl (C=O) groups is 1. The van der Waals surface area contributed by atoms with Crippen LogP contribution in [0.5, 0.6) is 11.5 Å². The summed E-state index contributed by atoms with van der Waals surface area (Å²) in [4.78, 5) is 14.8. The molecular weight excluding hydrogens is 359 g/mol. The summed E-state index contributed by atoms with van der Waals surface area (Å²) in [5.74, 6) is 0.984. The minimum Gasteiger partial charge on any atom is -0.454 e. The van der Waals surface area contributed by atoms with Crippen LogP contribution in [0.4, 0.5) is 10.1 Å².